The van der Waals surface area contributed by atoms with E-state index in [0.717, 1.165) is 38.1 Å². The minimum atomic E-state index is 0.105. The fraction of sp³-hybridized carbons (Fsp3) is 0.739. The van der Waals surface area contributed by atoms with E-state index in [4.69, 9.17) is 4.42 Å². The summed E-state index contributed by atoms with van der Waals surface area (Å²) in [6.07, 6.45) is 5.66. The van der Waals surface area contributed by atoms with E-state index in [0.29, 0.717) is 37.8 Å². The fourth-order valence-electron chi connectivity index (χ4n) is 4.07. The molecule has 0 aliphatic carbocycles. The Hall–Kier alpha value is -1.78. The van der Waals surface area contributed by atoms with Gasteiger partial charge in [-0.1, -0.05) is 34.6 Å². The van der Waals surface area contributed by atoms with Gasteiger partial charge in [-0.3, -0.25) is 9.59 Å². The Morgan fingerprint density at radius 1 is 1.29 bits per heavy atom. The van der Waals surface area contributed by atoms with Gasteiger partial charge in [0.1, 0.15) is 5.76 Å². The minimum absolute atomic E-state index is 0.105. The number of piperidine rings is 1. The van der Waals surface area contributed by atoms with Crippen LogP contribution in [0.4, 0.5) is 0 Å². The molecule has 1 saturated heterocycles. The van der Waals surface area contributed by atoms with Crippen LogP contribution in [-0.2, 0) is 16.1 Å². The molecule has 0 aromatic carbocycles. The molecule has 2 heterocycles. The summed E-state index contributed by atoms with van der Waals surface area (Å²) in [5, 5.41) is 0. The van der Waals surface area contributed by atoms with Crippen molar-refractivity contribution in [1.29, 1.82) is 0 Å². The van der Waals surface area contributed by atoms with Crippen molar-refractivity contribution >= 4 is 11.8 Å². The summed E-state index contributed by atoms with van der Waals surface area (Å²) >= 11 is 0. The lowest BCUT2D eigenvalue weighted by Crippen LogP contribution is -2.40. The van der Waals surface area contributed by atoms with E-state index < -0.39 is 0 Å². The maximum Gasteiger partial charge on any atom is 0.224 e. The van der Waals surface area contributed by atoms with Gasteiger partial charge in [0.05, 0.1) is 12.8 Å². The number of rotatable bonds is 8. The molecule has 1 fully saturated rings. The van der Waals surface area contributed by atoms with E-state index >= 15 is 0 Å². The van der Waals surface area contributed by atoms with Crippen LogP contribution < -0.4 is 0 Å². The quantitative estimate of drug-likeness (QED) is 0.645. The Kier molecular flexibility index (Phi) is 8.14. The number of furan rings is 1. The first-order valence-corrected chi connectivity index (χ1v) is 10.7. The summed E-state index contributed by atoms with van der Waals surface area (Å²) < 4.78 is 5.45. The monoisotopic (exact) mass is 390 g/mol. The molecule has 0 N–H and O–H groups in total. The summed E-state index contributed by atoms with van der Waals surface area (Å²) in [6.45, 7) is 13.5. The highest BCUT2D eigenvalue weighted by atomic mass is 16.3. The van der Waals surface area contributed by atoms with Gasteiger partial charge in [0.2, 0.25) is 11.8 Å². The second kappa shape index (κ2) is 10.1. The van der Waals surface area contributed by atoms with Crippen molar-refractivity contribution in [3.05, 3.63) is 24.2 Å². The molecule has 1 aliphatic rings. The summed E-state index contributed by atoms with van der Waals surface area (Å²) in [6, 6.07) is 3.72. The van der Waals surface area contributed by atoms with Crippen LogP contribution in [-0.4, -0.2) is 41.2 Å². The number of carbonyl (C=O) groups excluding carboxylic acids is 2. The van der Waals surface area contributed by atoms with Crippen molar-refractivity contribution in [1.82, 2.24) is 9.80 Å². The summed E-state index contributed by atoms with van der Waals surface area (Å²) in [5.74, 6) is 2.03. The molecule has 1 atom stereocenters. The first kappa shape index (κ1) is 22.5. The third kappa shape index (κ3) is 7.69. The van der Waals surface area contributed by atoms with E-state index in [2.05, 4.69) is 34.6 Å². The second-order valence-corrected chi connectivity index (χ2v) is 9.78. The van der Waals surface area contributed by atoms with Crippen molar-refractivity contribution < 1.29 is 14.0 Å². The van der Waals surface area contributed by atoms with E-state index in [1.54, 1.807) is 11.2 Å². The van der Waals surface area contributed by atoms with Gasteiger partial charge >= 0.3 is 0 Å². The highest BCUT2D eigenvalue weighted by Gasteiger charge is 2.24. The van der Waals surface area contributed by atoms with Gasteiger partial charge in [-0.2, -0.15) is 0 Å². The third-order valence-corrected chi connectivity index (χ3v) is 5.50. The van der Waals surface area contributed by atoms with Crippen molar-refractivity contribution in [2.24, 2.45) is 17.3 Å². The molecule has 0 bridgehead atoms. The number of likely N-dealkylation sites (tertiary alicyclic amines) is 1. The largest absolute Gasteiger partial charge is 0.467 e. The molecular formula is C23H38N2O3. The molecule has 2 amide bonds. The topological polar surface area (TPSA) is 53.8 Å². The maximum atomic E-state index is 13.0. The van der Waals surface area contributed by atoms with Crippen LogP contribution in [0.15, 0.2) is 22.8 Å². The van der Waals surface area contributed by atoms with Crippen LogP contribution in [0.1, 0.15) is 72.5 Å². The highest BCUT2D eigenvalue weighted by molar-refractivity contribution is 5.79. The number of amides is 2. The first-order valence-electron chi connectivity index (χ1n) is 10.7. The predicted molar refractivity (Wildman–Crippen MR) is 112 cm³/mol. The molecule has 1 aliphatic heterocycles. The van der Waals surface area contributed by atoms with E-state index in [9.17, 15) is 9.59 Å². The minimum Gasteiger partial charge on any atom is -0.467 e. The third-order valence-electron chi connectivity index (χ3n) is 5.50. The number of carbonyl (C=O) groups is 2. The van der Waals surface area contributed by atoms with Crippen LogP contribution in [0, 0.1) is 17.3 Å². The van der Waals surface area contributed by atoms with Gasteiger partial charge < -0.3 is 14.2 Å². The summed E-state index contributed by atoms with van der Waals surface area (Å²) in [7, 11) is 0. The first-order chi connectivity index (χ1) is 13.1. The molecule has 0 spiro atoms. The average molecular weight is 391 g/mol. The zero-order valence-electron chi connectivity index (χ0n) is 18.4. The lowest BCUT2D eigenvalue weighted by atomic mass is 9.84. The van der Waals surface area contributed by atoms with E-state index in [-0.39, 0.29) is 17.2 Å². The van der Waals surface area contributed by atoms with Gasteiger partial charge in [-0.15, -0.1) is 0 Å². The van der Waals surface area contributed by atoms with E-state index in [1.165, 1.54) is 0 Å². The van der Waals surface area contributed by atoms with Crippen LogP contribution in [0.2, 0.25) is 0 Å². The summed E-state index contributed by atoms with van der Waals surface area (Å²) in [5.41, 5.74) is 0.201. The molecule has 2 rings (SSSR count). The number of hydrogen-bond acceptors (Lipinski definition) is 3. The Balaban J connectivity index is 1.93. The highest BCUT2D eigenvalue weighted by Crippen LogP contribution is 2.26. The van der Waals surface area contributed by atoms with Crippen LogP contribution in [0.25, 0.3) is 0 Å². The molecule has 0 radical (unpaired) electrons. The second-order valence-electron chi connectivity index (χ2n) is 9.78. The van der Waals surface area contributed by atoms with Gasteiger partial charge in [0.15, 0.2) is 0 Å². The Morgan fingerprint density at radius 2 is 1.96 bits per heavy atom. The average Bonchev–Trinajstić information content (AvgIpc) is 3.10. The Morgan fingerprint density at radius 3 is 2.54 bits per heavy atom. The van der Waals surface area contributed by atoms with Gasteiger partial charge in [-0.25, -0.2) is 0 Å². The fourth-order valence-corrected chi connectivity index (χ4v) is 4.07. The lowest BCUT2D eigenvalue weighted by molar-refractivity contribution is -0.136. The van der Waals surface area contributed by atoms with Crippen molar-refractivity contribution in [2.75, 3.05) is 19.6 Å². The molecule has 0 saturated carbocycles. The standard InChI is InChI=1S/C23H38N2O3/c1-18-8-11-24(12-9-18)21(26)10-13-25(17-20-7-6-14-28-20)22(27)15-19(2)16-23(3,4)5/h6-7,14,18-19H,8-13,15-17H2,1-5H3. The molecular weight excluding hydrogens is 352 g/mol. The molecule has 158 valence electrons. The number of nitrogens with zero attached hydrogens (tertiary/aromatic N) is 2. The molecule has 5 nitrogen and oxygen atoms in total. The van der Waals surface area contributed by atoms with Crippen LogP contribution in [0.3, 0.4) is 0 Å². The zero-order valence-corrected chi connectivity index (χ0v) is 18.4. The van der Waals surface area contributed by atoms with Gasteiger partial charge in [0, 0.05) is 32.5 Å². The molecule has 1 aromatic rings. The molecule has 1 unspecified atom stereocenters. The lowest BCUT2D eigenvalue weighted by Gasteiger charge is -2.31. The van der Waals surface area contributed by atoms with Gasteiger partial charge in [0.25, 0.3) is 0 Å². The number of hydrogen-bond donors (Lipinski definition) is 0. The maximum absolute atomic E-state index is 13.0. The van der Waals surface area contributed by atoms with E-state index in [1.807, 2.05) is 17.0 Å². The Labute approximate surface area is 170 Å². The van der Waals surface area contributed by atoms with Crippen LogP contribution in [0.5, 0.6) is 0 Å². The van der Waals surface area contributed by atoms with Crippen molar-refractivity contribution in [2.45, 2.75) is 73.3 Å². The smallest absolute Gasteiger partial charge is 0.224 e. The zero-order chi connectivity index (χ0) is 20.7. The molecule has 28 heavy (non-hydrogen) atoms. The Bertz CT molecular complexity index is 610. The predicted octanol–water partition coefficient (Wildman–Crippen LogP) is 4.72. The normalized spacial score (nSPS) is 16.8. The summed E-state index contributed by atoms with van der Waals surface area (Å²) in [4.78, 5) is 29.3. The molecule has 5 heteroatoms. The SMILES string of the molecule is CC1CCN(C(=O)CCN(Cc2ccco2)C(=O)CC(C)CC(C)(C)C)CC1. The van der Waals surface area contributed by atoms with Crippen molar-refractivity contribution in [3.8, 4) is 0 Å². The molecule has 1 aromatic heterocycles. The van der Waals surface area contributed by atoms with Crippen molar-refractivity contribution in [3.63, 3.8) is 0 Å². The van der Waals surface area contributed by atoms with Crippen LogP contribution >= 0.6 is 0 Å². The van der Waals surface area contributed by atoms with Gasteiger partial charge in [-0.05, 0) is 48.6 Å².